The van der Waals surface area contributed by atoms with E-state index in [-0.39, 0.29) is 0 Å². The van der Waals surface area contributed by atoms with Crippen molar-refractivity contribution in [3.63, 3.8) is 0 Å². The maximum Gasteiger partial charge on any atom is 0.00737 e. The van der Waals surface area contributed by atoms with Crippen LogP contribution in [-0.2, 0) is 6.42 Å². The van der Waals surface area contributed by atoms with Crippen molar-refractivity contribution in [2.45, 2.75) is 100 Å². The predicted octanol–water partition coefficient (Wildman–Crippen LogP) is 14.0. The zero-order chi connectivity index (χ0) is 34.6. The quantitative estimate of drug-likeness (QED) is 0.180. The Kier molecular flexibility index (Phi) is 7.35. The molecule has 0 fully saturated rings. The fourth-order valence-corrected chi connectivity index (χ4v) is 9.51. The van der Waals surface area contributed by atoms with E-state index in [1.807, 2.05) is 0 Å². The SMILES string of the molecule is Cc1cc(C)c2c(c1)Cc1c(-c3c(C)c(-c4cc(C(C)C)cc5c4-c4ccc(C(C)C)cc4C5C)c4cc(C)ccc4c3C)ccc(C)c1-2. The lowest BCUT2D eigenvalue weighted by atomic mass is 9.79. The molecule has 0 N–H and O–H groups in total. The van der Waals surface area contributed by atoms with Gasteiger partial charge in [0.1, 0.15) is 0 Å². The minimum atomic E-state index is 0.366. The van der Waals surface area contributed by atoms with Crippen LogP contribution in [0.5, 0.6) is 0 Å². The van der Waals surface area contributed by atoms with Crippen LogP contribution >= 0.6 is 0 Å². The minimum absolute atomic E-state index is 0.366. The molecule has 0 bridgehead atoms. The first-order chi connectivity index (χ1) is 23.3. The van der Waals surface area contributed by atoms with Crippen LogP contribution in [0.4, 0.5) is 0 Å². The molecule has 6 aromatic rings. The molecule has 1 atom stereocenters. The molecule has 0 aliphatic heterocycles. The van der Waals surface area contributed by atoms with Crippen molar-refractivity contribution < 1.29 is 0 Å². The number of benzene rings is 6. The normalized spacial score (nSPS) is 14.5. The Bertz CT molecular complexity index is 2370. The summed E-state index contributed by atoms with van der Waals surface area (Å²) in [5, 5.41) is 2.74. The van der Waals surface area contributed by atoms with E-state index in [0.29, 0.717) is 17.8 Å². The molecule has 0 amide bonds. The van der Waals surface area contributed by atoms with Gasteiger partial charge in [0.2, 0.25) is 0 Å². The Labute approximate surface area is 294 Å². The predicted molar refractivity (Wildman–Crippen MR) is 213 cm³/mol. The van der Waals surface area contributed by atoms with Gasteiger partial charge in [-0.15, -0.1) is 0 Å². The highest BCUT2D eigenvalue weighted by atomic mass is 14.4. The van der Waals surface area contributed by atoms with Crippen LogP contribution < -0.4 is 0 Å². The van der Waals surface area contributed by atoms with Crippen LogP contribution in [0.1, 0.15) is 119 Å². The lowest BCUT2D eigenvalue weighted by Crippen LogP contribution is -2.01. The Morgan fingerprint density at radius 1 is 0.490 bits per heavy atom. The molecular weight excluding hydrogens is 589 g/mol. The number of rotatable bonds is 4. The topological polar surface area (TPSA) is 0 Å². The second-order valence-corrected chi connectivity index (χ2v) is 16.0. The van der Waals surface area contributed by atoms with Gasteiger partial charge in [-0.05, 0) is 171 Å². The van der Waals surface area contributed by atoms with Gasteiger partial charge in [-0.2, -0.15) is 0 Å². The standard InChI is InChI=1S/C49H50/c1-25(2)34-14-17-38-40(21-34)31(9)41-22-35(26(3)4)23-44(49(38)41)48-33(11)47(32(10)37-15-12-27(5)20-42(37)48)39-16-13-29(7)46-43(39)24-36-19-28(6)18-30(8)45(36)46/h12-23,25-26,31H,24H2,1-11H3. The summed E-state index contributed by atoms with van der Waals surface area (Å²) in [7, 11) is 0. The molecule has 0 saturated heterocycles. The lowest BCUT2D eigenvalue weighted by molar-refractivity contribution is 0.850. The molecule has 0 nitrogen and oxygen atoms in total. The number of aryl methyl sites for hydroxylation is 5. The summed E-state index contributed by atoms with van der Waals surface area (Å²) in [5.41, 5.74) is 28.4. The molecule has 2 aliphatic rings. The third-order valence-corrected chi connectivity index (χ3v) is 12.0. The first-order valence-electron chi connectivity index (χ1n) is 18.4. The molecule has 2 aliphatic carbocycles. The Balaban J connectivity index is 1.48. The van der Waals surface area contributed by atoms with Gasteiger partial charge in [-0.1, -0.05) is 119 Å². The zero-order valence-electron chi connectivity index (χ0n) is 31.4. The van der Waals surface area contributed by atoms with E-state index in [1.165, 1.54) is 122 Å². The molecular formula is C49H50. The fraction of sp³-hybridized carbons (Fsp3) is 0.306. The van der Waals surface area contributed by atoms with Crippen molar-refractivity contribution in [3.8, 4) is 44.5 Å². The maximum atomic E-state index is 2.55. The summed E-state index contributed by atoms with van der Waals surface area (Å²) in [6.45, 7) is 25.6. The van der Waals surface area contributed by atoms with Gasteiger partial charge in [-0.25, -0.2) is 0 Å². The van der Waals surface area contributed by atoms with Gasteiger partial charge < -0.3 is 0 Å². The molecule has 246 valence electrons. The fourth-order valence-electron chi connectivity index (χ4n) is 9.51. The van der Waals surface area contributed by atoms with Crippen LogP contribution in [0.15, 0.2) is 72.8 Å². The first-order valence-corrected chi connectivity index (χ1v) is 18.4. The number of hydrogen-bond acceptors (Lipinski definition) is 0. The zero-order valence-corrected chi connectivity index (χ0v) is 31.4. The average molecular weight is 639 g/mol. The highest BCUT2D eigenvalue weighted by molar-refractivity contribution is 6.09. The summed E-state index contributed by atoms with van der Waals surface area (Å²) < 4.78 is 0. The largest absolute Gasteiger partial charge is 0.0587 e. The second kappa shape index (κ2) is 11.3. The molecule has 0 heteroatoms. The molecule has 49 heavy (non-hydrogen) atoms. The molecule has 0 aromatic heterocycles. The van der Waals surface area contributed by atoms with E-state index in [4.69, 9.17) is 0 Å². The van der Waals surface area contributed by atoms with Crippen LogP contribution in [0.3, 0.4) is 0 Å². The Morgan fingerprint density at radius 3 is 1.94 bits per heavy atom. The second-order valence-electron chi connectivity index (χ2n) is 16.0. The Morgan fingerprint density at radius 2 is 1.20 bits per heavy atom. The van der Waals surface area contributed by atoms with E-state index in [9.17, 15) is 0 Å². The number of fused-ring (bicyclic) bond motifs is 7. The minimum Gasteiger partial charge on any atom is -0.0587 e. The maximum absolute atomic E-state index is 2.55. The summed E-state index contributed by atoms with van der Waals surface area (Å²) in [6, 6.07) is 29.1. The van der Waals surface area contributed by atoms with Gasteiger partial charge in [0.25, 0.3) is 0 Å². The van der Waals surface area contributed by atoms with Crippen molar-refractivity contribution in [3.05, 3.63) is 140 Å². The van der Waals surface area contributed by atoms with Crippen LogP contribution in [0.25, 0.3) is 55.3 Å². The van der Waals surface area contributed by atoms with Crippen molar-refractivity contribution in [2.75, 3.05) is 0 Å². The van der Waals surface area contributed by atoms with Crippen molar-refractivity contribution in [1.29, 1.82) is 0 Å². The van der Waals surface area contributed by atoms with Gasteiger partial charge in [0, 0.05) is 5.92 Å². The van der Waals surface area contributed by atoms with Gasteiger partial charge in [0.15, 0.2) is 0 Å². The van der Waals surface area contributed by atoms with Crippen LogP contribution in [0, 0.1) is 41.5 Å². The first kappa shape index (κ1) is 31.8. The van der Waals surface area contributed by atoms with E-state index in [2.05, 4.69) is 149 Å². The van der Waals surface area contributed by atoms with Gasteiger partial charge >= 0.3 is 0 Å². The molecule has 0 radical (unpaired) electrons. The molecule has 0 spiro atoms. The van der Waals surface area contributed by atoms with Crippen LogP contribution in [-0.4, -0.2) is 0 Å². The third-order valence-electron chi connectivity index (χ3n) is 12.0. The van der Waals surface area contributed by atoms with E-state index < -0.39 is 0 Å². The van der Waals surface area contributed by atoms with E-state index in [0.717, 1.165) is 6.42 Å². The summed E-state index contributed by atoms with van der Waals surface area (Å²) in [5.74, 6) is 1.32. The lowest BCUT2D eigenvalue weighted by Gasteiger charge is -2.24. The van der Waals surface area contributed by atoms with E-state index in [1.54, 1.807) is 0 Å². The summed E-state index contributed by atoms with van der Waals surface area (Å²) >= 11 is 0. The monoisotopic (exact) mass is 638 g/mol. The van der Waals surface area contributed by atoms with Gasteiger partial charge in [-0.3, -0.25) is 0 Å². The van der Waals surface area contributed by atoms with Crippen molar-refractivity contribution in [1.82, 2.24) is 0 Å². The van der Waals surface area contributed by atoms with Crippen molar-refractivity contribution in [2.24, 2.45) is 0 Å². The average Bonchev–Trinajstić information content (AvgIpc) is 3.58. The molecule has 6 aromatic carbocycles. The molecule has 0 saturated carbocycles. The molecule has 8 rings (SSSR count). The molecule has 0 heterocycles. The summed E-state index contributed by atoms with van der Waals surface area (Å²) in [4.78, 5) is 0. The van der Waals surface area contributed by atoms with Crippen molar-refractivity contribution >= 4 is 10.8 Å². The third kappa shape index (κ3) is 4.70. The van der Waals surface area contributed by atoms with E-state index >= 15 is 0 Å². The van der Waals surface area contributed by atoms with Crippen LogP contribution in [0.2, 0.25) is 0 Å². The Hall–Kier alpha value is -4.42. The highest BCUT2D eigenvalue weighted by Gasteiger charge is 2.32. The van der Waals surface area contributed by atoms with Gasteiger partial charge in [0.05, 0.1) is 0 Å². The summed E-state index contributed by atoms with van der Waals surface area (Å²) in [6.07, 6.45) is 0.992. The smallest absolute Gasteiger partial charge is 0.00737 e. The molecule has 1 unspecified atom stereocenters. The number of hydrogen-bond donors (Lipinski definition) is 0. The highest BCUT2D eigenvalue weighted by Crippen LogP contribution is 2.54.